The molecular formula is C19H23NO2. The van der Waals surface area contributed by atoms with Crippen LogP contribution in [0.2, 0.25) is 0 Å². The van der Waals surface area contributed by atoms with E-state index in [0.29, 0.717) is 13.2 Å². The first-order valence-electron chi connectivity index (χ1n) is 7.78. The highest BCUT2D eigenvalue weighted by Gasteiger charge is 1.97. The minimum Gasteiger partial charge on any atom is -0.493 e. The third kappa shape index (κ3) is 6.00. The molecule has 116 valence electrons. The molecule has 3 heteroatoms. The summed E-state index contributed by atoms with van der Waals surface area (Å²) >= 11 is 0. The largest absolute Gasteiger partial charge is 0.493 e. The topological polar surface area (TPSA) is 30.8 Å². The monoisotopic (exact) mass is 297 g/mol. The van der Waals surface area contributed by atoms with Crippen LogP contribution >= 0.6 is 0 Å². The summed E-state index contributed by atoms with van der Waals surface area (Å²) in [5.41, 5.74) is 2.60. The Morgan fingerprint density at radius 2 is 1.64 bits per heavy atom. The quantitative estimate of drug-likeness (QED) is 0.389. The Bertz CT molecular complexity index is 549. The van der Waals surface area contributed by atoms with Gasteiger partial charge in [0.05, 0.1) is 6.61 Å². The number of benzene rings is 2. The van der Waals surface area contributed by atoms with Gasteiger partial charge in [-0.25, -0.2) is 0 Å². The third-order valence-corrected chi connectivity index (χ3v) is 3.13. The molecule has 0 N–H and O–H groups in total. The van der Waals surface area contributed by atoms with E-state index in [0.717, 1.165) is 25.0 Å². The average Bonchev–Trinajstić information content (AvgIpc) is 2.56. The van der Waals surface area contributed by atoms with E-state index in [9.17, 15) is 0 Å². The van der Waals surface area contributed by atoms with Gasteiger partial charge in [-0.3, -0.25) is 0 Å². The molecule has 0 unspecified atom stereocenters. The fraction of sp³-hybridized carbons (Fsp3) is 0.316. The molecule has 2 rings (SSSR count). The third-order valence-electron chi connectivity index (χ3n) is 3.13. The standard InChI is InChI=1S/C19H23NO2/c1-2-14-22-20-13-6-15-21-19-11-9-18(10-12-19)16-17-7-4-3-5-8-17/h3-5,7-13H,2,6,14-16H2,1H3/b20-13+. The van der Waals surface area contributed by atoms with Crippen molar-refractivity contribution in [2.75, 3.05) is 13.2 Å². The molecule has 0 saturated carbocycles. The molecule has 0 atom stereocenters. The molecule has 0 bridgehead atoms. The van der Waals surface area contributed by atoms with Crippen molar-refractivity contribution in [2.45, 2.75) is 26.2 Å². The van der Waals surface area contributed by atoms with E-state index in [-0.39, 0.29) is 0 Å². The van der Waals surface area contributed by atoms with Crippen LogP contribution in [-0.4, -0.2) is 19.4 Å². The zero-order valence-electron chi connectivity index (χ0n) is 13.1. The van der Waals surface area contributed by atoms with E-state index in [1.165, 1.54) is 11.1 Å². The fourth-order valence-electron chi connectivity index (χ4n) is 2.01. The molecule has 0 saturated heterocycles. The van der Waals surface area contributed by atoms with Crippen molar-refractivity contribution in [3.05, 3.63) is 65.7 Å². The Hall–Kier alpha value is -2.29. The maximum absolute atomic E-state index is 5.67. The molecule has 0 aliphatic carbocycles. The number of ether oxygens (including phenoxy) is 1. The van der Waals surface area contributed by atoms with E-state index in [1.807, 2.05) is 18.2 Å². The van der Waals surface area contributed by atoms with Crippen LogP contribution in [0.25, 0.3) is 0 Å². The second-order valence-electron chi connectivity index (χ2n) is 5.06. The summed E-state index contributed by atoms with van der Waals surface area (Å²) in [6.07, 6.45) is 4.42. The molecule has 0 amide bonds. The van der Waals surface area contributed by atoms with Crippen LogP contribution < -0.4 is 4.74 Å². The Balaban J connectivity index is 1.72. The summed E-state index contributed by atoms with van der Waals surface area (Å²) in [5, 5.41) is 3.85. The summed E-state index contributed by atoms with van der Waals surface area (Å²) in [5.74, 6) is 0.889. The molecule has 0 fully saturated rings. The highest BCUT2D eigenvalue weighted by molar-refractivity contribution is 5.56. The number of oxime groups is 1. The second-order valence-corrected chi connectivity index (χ2v) is 5.06. The van der Waals surface area contributed by atoms with E-state index in [4.69, 9.17) is 9.57 Å². The van der Waals surface area contributed by atoms with Gasteiger partial charge in [-0.05, 0) is 36.1 Å². The molecule has 0 aliphatic heterocycles. The van der Waals surface area contributed by atoms with Crippen LogP contribution in [0.3, 0.4) is 0 Å². The number of hydrogen-bond acceptors (Lipinski definition) is 3. The van der Waals surface area contributed by atoms with Crippen molar-refractivity contribution in [3.8, 4) is 5.75 Å². The van der Waals surface area contributed by atoms with Gasteiger partial charge in [0.2, 0.25) is 0 Å². The predicted octanol–water partition coefficient (Wildman–Crippen LogP) is 4.46. The van der Waals surface area contributed by atoms with Gasteiger partial charge in [-0.15, -0.1) is 0 Å². The van der Waals surface area contributed by atoms with Crippen LogP contribution in [0, 0.1) is 0 Å². The Morgan fingerprint density at radius 1 is 0.909 bits per heavy atom. The van der Waals surface area contributed by atoms with Gasteiger partial charge in [0.25, 0.3) is 0 Å². The van der Waals surface area contributed by atoms with Crippen molar-refractivity contribution >= 4 is 6.21 Å². The van der Waals surface area contributed by atoms with Crippen molar-refractivity contribution in [1.82, 2.24) is 0 Å². The zero-order valence-corrected chi connectivity index (χ0v) is 13.1. The van der Waals surface area contributed by atoms with E-state index in [1.54, 1.807) is 6.21 Å². The minimum atomic E-state index is 0.608. The van der Waals surface area contributed by atoms with Gasteiger partial charge in [0.1, 0.15) is 12.4 Å². The second kappa shape index (κ2) is 9.61. The maximum atomic E-state index is 5.67. The van der Waals surface area contributed by atoms with Crippen molar-refractivity contribution in [3.63, 3.8) is 0 Å². The molecule has 3 nitrogen and oxygen atoms in total. The molecule has 2 aromatic rings. The predicted molar refractivity (Wildman–Crippen MR) is 90.5 cm³/mol. The maximum Gasteiger partial charge on any atom is 0.119 e. The lowest BCUT2D eigenvalue weighted by Gasteiger charge is -2.06. The Kier molecular flexibility index (Phi) is 7.03. The SMILES string of the molecule is CCCO/N=C/CCOc1ccc(Cc2ccccc2)cc1. The van der Waals surface area contributed by atoms with Crippen LogP contribution in [0.15, 0.2) is 59.8 Å². The van der Waals surface area contributed by atoms with Gasteiger partial charge in [0, 0.05) is 12.6 Å². The first-order valence-corrected chi connectivity index (χ1v) is 7.78. The molecule has 22 heavy (non-hydrogen) atoms. The van der Waals surface area contributed by atoms with Crippen molar-refractivity contribution < 1.29 is 9.57 Å². The molecule has 0 radical (unpaired) electrons. The molecule has 0 heterocycles. The normalized spacial score (nSPS) is 10.8. The molecule has 0 aromatic heterocycles. The number of hydrogen-bond donors (Lipinski definition) is 0. The fourth-order valence-corrected chi connectivity index (χ4v) is 2.01. The molecule has 2 aromatic carbocycles. The summed E-state index contributed by atoms with van der Waals surface area (Å²) in [6, 6.07) is 18.7. The van der Waals surface area contributed by atoms with Crippen LogP contribution in [-0.2, 0) is 11.3 Å². The highest BCUT2D eigenvalue weighted by atomic mass is 16.6. The summed E-state index contributed by atoms with van der Waals surface area (Å²) < 4.78 is 5.67. The Morgan fingerprint density at radius 3 is 2.36 bits per heavy atom. The highest BCUT2D eigenvalue weighted by Crippen LogP contribution is 2.15. The first kappa shape index (κ1) is 16.1. The Labute approximate surface area is 132 Å². The van der Waals surface area contributed by atoms with Gasteiger partial charge in [0.15, 0.2) is 0 Å². The van der Waals surface area contributed by atoms with E-state index in [2.05, 4.69) is 48.5 Å². The lowest BCUT2D eigenvalue weighted by Crippen LogP contribution is -1.98. The van der Waals surface area contributed by atoms with Crippen molar-refractivity contribution in [2.24, 2.45) is 5.16 Å². The van der Waals surface area contributed by atoms with Gasteiger partial charge >= 0.3 is 0 Å². The lowest BCUT2D eigenvalue weighted by atomic mass is 10.1. The van der Waals surface area contributed by atoms with Crippen LogP contribution in [0.5, 0.6) is 5.75 Å². The lowest BCUT2D eigenvalue weighted by molar-refractivity contribution is 0.145. The van der Waals surface area contributed by atoms with Crippen molar-refractivity contribution in [1.29, 1.82) is 0 Å². The molecule has 0 aliphatic rings. The van der Waals surface area contributed by atoms with Crippen LogP contribution in [0.1, 0.15) is 30.9 Å². The molecule has 0 spiro atoms. The molecular weight excluding hydrogens is 274 g/mol. The average molecular weight is 297 g/mol. The minimum absolute atomic E-state index is 0.608. The van der Waals surface area contributed by atoms with E-state index >= 15 is 0 Å². The van der Waals surface area contributed by atoms with Crippen LogP contribution in [0.4, 0.5) is 0 Å². The number of rotatable bonds is 9. The summed E-state index contributed by atoms with van der Waals surface area (Å²) in [7, 11) is 0. The summed E-state index contributed by atoms with van der Waals surface area (Å²) in [6.45, 7) is 3.33. The number of nitrogens with zero attached hydrogens (tertiary/aromatic N) is 1. The van der Waals surface area contributed by atoms with Gasteiger partial charge in [-0.2, -0.15) is 0 Å². The van der Waals surface area contributed by atoms with Gasteiger partial charge < -0.3 is 9.57 Å². The van der Waals surface area contributed by atoms with Gasteiger partial charge in [-0.1, -0.05) is 54.5 Å². The summed E-state index contributed by atoms with van der Waals surface area (Å²) in [4.78, 5) is 5.02. The van der Waals surface area contributed by atoms with E-state index < -0.39 is 0 Å². The first-order chi connectivity index (χ1) is 10.9. The zero-order chi connectivity index (χ0) is 15.5. The smallest absolute Gasteiger partial charge is 0.119 e.